The van der Waals surface area contributed by atoms with Crippen LogP contribution in [0.5, 0.6) is 0 Å². The van der Waals surface area contributed by atoms with E-state index in [1.165, 1.54) is 9.80 Å². The largest absolute Gasteiger partial charge is 0.479 e. The number of fused-ring (bicyclic) bond motifs is 3. The average Bonchev–Trinajstić information content (AvgIpc) is 3.26. The first-order valence-electron chi connectivity index (χ1n) is 14.8. The second-order valence-corrected chi connectivity index (χ2v) is 12.8. The molecule has 1 unspecified atom stereocenters. The Morgan fingerprint density at radius 2 is 1.52 bits per heavy atom. The average molecular weight is 580 g/mol. The van der Waals surface area contributed by atoms with Crippen LogP contribution in [0.3, 0.4) is 0 Å². The van der Waals surface area contributed by atoms with Gasteiger partial charge in [0.15, 0.2) is 5.54 Å². The van der Waals surface area contributed by atoms with Crippen molar-refractivity contribution in [3.63, 3.8) is 0 Å². The first-order valence-corrected chi connectivity index (χ1v) is 14.8. The van der Waals surface area contributed by atoms with Crippen molar-refractivity contribution in [2.45, 2.75) is 76.5 Å². The van der Waals surface area contributed by atoms with E-state index in [2.05, 4.69) is 12.1 Å². The second kappa shape index (κ2) is 12.7. The molecule has 1 saturated heterocycles. The molecule has 0 aromatic heterocycles. The molecule has 0 saturated carbocycles. The molecule has 9 nitrogen and oxygen atoms in total. The topological polar surface area (TPSA) is 99.6 Å². The van der Waals surface area contributed by atoms with Gasteiger partial charge in [-0.2, -0.15) is 0 Å². The van der Waals surface area contributed by atoms with E-state index in [0.717, 1.165) is 35.1 Å². The fourth-order valence-corrected chi connectivity index (χ4v) is 6.22. The normalized spacial score (nSPS) is 18.2. The third-order valence-corrected chi connectivity index (χ3v) is 8.32. The van der Waals surface area contributed by atoms with Crippen molar-refractivity contribution in [2.24, 2.45) is 0 Å². The maximum Gasteiger partial charge on any atom is 0.410 e. The number of hydrogen-bond acceptors (Lipinski definition) is 6. The third-order valence-electron chi connectivity index (χ3n) is 8.32. The molecule has 1 N–H and O–H groups in total. The van der Waals surface area contributed by atoms with Crippen LogP contribution in [0.1, 0.15) is 70.4 Å². The Morgan fingerprint density at radius 3 is 2.07 bits per heavy atom. The summed E-state index contributed by atoms with van der Waals surface area (Å²) < 4.78 is 11.7. The molecule has 9 heteroatoms. The first-order chi connectivity index (χ1) is 19.8. The molecule has 4 rings (SSSR count). The Morgan fingerprint density at radius 1 is 0.929 bits per heavy atom. The highest BCUT2D eigenvalue weighted by Crippen LogP contribution is 2.44. The smallest absolute Gasteiger partial charge is 0.410 e. The highest BCUT2D eigenvalue weighted by atomic mass is 16.6. The van der Waals surface area contributed by atoms with Crippen molar-refractivity contribution in [3.8, 4) is 11.1 Å². The minimum atomic E-state index is -1.73. The molecule has 1 aliphatic heterocycles. The maximum atomic E-state index is 14.0. The molecule has 2 amide bonds. The van der Waals surface area contributed by atoms with E-state index >= 15 is 0 Å². The molecular weight excluding hydrogens is 534 g/mol. The number of piperidine rings is 1. The number of carboxylic acid groups (broad SMARTS) is 1. The molecule has 1 fully saturated rings. The summed E-state index contributed by atoms with van der Waals surface area (Å²) in [6.45, 7) is 8.14. The minimum Gasteiger partial charge on any atom is -0.479 e. The summed E-state index contributed by atoms with van der Waals surface area (Å²) >= 11 is 0. The third kappa shape index (κ3) is 6.56. The first kappa shape index (κ1) is 31.3. The number of benzene rings is 2. The summed E-state index contributed by atoms with van der Waals surface area (Å²) in [6.07, 6.45) is 1.18. The molecule has 2 aliphatic rings. The molecule has 0 radical (unpaired) electrons. The number of hydrogen-bond donors (Lipinski definition) is 1. The van der Waals surface area contributed by atoms with Crippen LogP contribution in [0, 0.1) is 0 Å². The Balaban J connectivity index is 1.64. The number of aliphatic carboxylic acids is 1. The number of amides is 2. The molecular formula is C33H45N3O6. The van der Waals surface area contributed by atoms with Gasteiger partial charge >= 0.3 is 18.2 Å². The fraction of sp³-hybridized carbons (Fsp3) is 0.545. The molecule has 0 spiro atoms. The summed E-state index contributed by atoms with van der Waals surface area (Å²) in [6, 6.07) is 15.4. The zero-order chi connectivity index (χ0) is 30.7. The lowest BCUT2D eigenvalue weighted by atomic mass is 9.83. The number of likely N-dealkylation sites (tertiary alicyclic amines) is 1. The lowest BCUT2D eigenvalue weighted by Crippen LogP contribution is -2.68. The summed E-state index contributed by atoms with van der Waals surface area (Å²) in [5.74, 6) is -1.34. The number of carbonyl (C=O) groups excluding carboxylic acids is 2. The molecule has 2 aromatic carbocycles. The van der Waals surface area contributed by atoms with E-state index in [4.69, 9.17) is 9.47 Å². The monoisotopic (exact) mass is 579 g/mol. The van der Waals surface area contributed by atoms with Crippen LogP contribution in [0.25, 0.3) is 11.1 Å². The SMILES string of the molecule is CN(C)CCCN(C(=O)OCC1c2ccccc2-c2ccccc21)C(C)(C(=O)O)[C@@H]1CCCCN1C(=O)OC(C)(C)C. The van der Waals surface area contributed by atoms with Crippen molar-refractivity contribution in [3.05, 3.63) is 59.7 Å². The van der Waals surface area contributed by atoms with Crippen molar-refractivity contribution >= 4 is 18.2 Å². The molecule has 1 heterocycles. The Kier molecular flexibility index (Phi) is 9.50. The number of rotatable bonds is 9. The van der Waals surface area contributed by atoms with E-state index < -0.39 is 35.3 Å². The van der Waals surface area contributed by atoms with Gasteiger partial charge in [0.25, 0.3) is 0 Å². The summed E-state index contributed by atoms with van der Waals surface area (Å²) in [5, 5.41) is 10.7. The van der Waals surface area contributed by atoms with Crippen LogP contribution in [0.15, 0.2) is 48.5 Å². The van der Waals surface area contributed by atoms with Crippen LogP contribution < -0.4 is 0 Å². The van der Waals surface area contributed by atoms with E-state index in [1.54, 1.807) is 27.7 Å². The van der Waals surface area contributed by atoms with Crippen molar-refractivity contribution < 1.29 is 29.0 Å². The molecule has 0 bridgehead atoms. The Labute approximate surface area is 249 Å². The summed E-state index contributed by atoms with van der Waals surface area (Å²) in [5.41, 5.74) is 1.92. The van der Waals surface area contributed by atoms with Gasteiger partial charge in [-0.3, -0.25) is 4.90 Å². The van der Waals surface area contributed by atoms with Crippen molar-refractivity contribution in [1.29, 1.82) is 0 Å². The number of carboxylic acids is 1. The van der Waals surface area contributed by atoms with Gasteiger partial charge in [-0.25, -0.2) is 14.4 Å². The summed E-state index contributed by atoms with van der Waals surface area (Å²) in [7, 11) is 3.86. The van der Waals surface area contributed by atoms with Gasteiger partial charge in [-0.1, -0.05) is 48.5 Å². The van der Waals surface area contributed by atoms with Gasteiger partial charge in [-0.05, 0) is 96.3 Å². The van der Waals surface area contributed by atoms with Crippen LogP contribution in [0.4, 0.5) is 9.59 Å². The van der Waals surface area contributed by atoms with Crippen molar-refractivity contribution in [1.82, 2.24) is 14.7 Å². The van der Waals surface area contributed by atoms with Crippen LogP contribution in [0.2, 0.25) is 0 Å². The van der Waals surface area contributed by atoms with Gasteiger partial charge in [0.05, 0.1) is 6.04 Å². The van der Waals surface area contributed by atoms with Gasteiger partial charge in [0.1, 0.15) is 12.2 Å². The quantitative estimate of drug-likeness (QED) is 0.400. The molecule has 1 aliphatic carbocycles. The lowest BCUT2D eigenvalue weighted by molar-refractivity contribution is -0.155. The zero-order valence-electron chi connectivity index (χ0n) is 25.8. The highest BCUT2D eigenvalue weighted by molar-refractivity contribution is 5.86. The van der Waals surface area contributed by atoms with E-state index in [0.29, 0.717) is 25.9 Å². The van der Waals surface area contributed by atoms with Gasteiger partial charge in [0.2, 0.25) is 0 Å². The molecule has 42 heavy (non-hydrogen) atoms. The Bertz CT molecular complexity index is 1240. The fourth-order valence-electron chi connectivity index (χ4n) is 6.22. The summed E-state index contributed by atoms with van der Waals surface area (Å²) in [4.78, 5) is 45.3. The number of carbonyl (C=O) groups is 3. The van der Waals surface area contributed by atoms with Gasteiger partial charge in [-0.15, -0.1) is 0 Å². The van der Waals surface area contributed by atoms with E-state index in [1.807, 2.05) is 55.4 Å². The van der Waals surface area contributed by atoms with Gasteiger partial charge in [0, 0.05) is 19.0 Å². The zero-order valence-corrected chi connectivity index (χ0v) is 25.8. The second-order valence-electron chi connectivity index (χ2n) is 12.8. The van der Waals surface area contributed by atoms with E-state index in [9.17, 15) is 19.5 Å². The molecule has 2 atom stereocenters. The van der Waals surface area contributed by atoms with Crippen LogP contribution in [-0.4, -0.2) is 95.5 Å². The molecule has 228 valence electrons. The van der Waals surface area contributed by atoms with Gasteiger partial charge < -0.3 is 24.4 Å². The number of ether oxygens (including phenoxy) is 2. The predicted octanol–water partition coefficient (Wildman–Crippen LogP) is 5.82. The molecule has 2 aromatic rings. The maximum absolute atomic E-state index is 14.0. The standard InChI is InChI=1S/C33H45N3O6/c1-32(2,3)42-30(39)35-20-12-11-18-28(35)33(4,29(37)38)36(21-13-19-34(5)6)31(40)41-22-27-25-16-9-7-14-23(25)24-15-8-10-17-26(24)27/h7-10,14-17,27-28H,11-13,18-22H2,1-6H3,(H,37,38)/t28-,33?/m0/s1. The van der Waals surface area contributed by atoms with Crippen LogP contribution >= 0.6 is 0 Å². The Hall–Kier alpha value is -3.59. The number of nitrogens with zero attached hydrogens (tertiary/aromatic N) is 3. The highest BCUT2D eigenvalue weighted by Gasteiger charge is 2.54. The van der Waals surface area contributed by atoms with Crippen LogP contribution in [-0.2, 0) is 14.3 Å². The van der Waals surface area contributed by atoms with Crippen molar-refractivity contribution in [2.75, 3.05) is 40.3 Å². The lowest BCUT2D eigenvalue weighted by Gasteiger charge is -2.48. The predicted molar refractivity (Wildman–Crippen MR) is 162 cm³/mol. The van der Waals surface area contributed by atoms with E-state index in [-0.39, 0.29) is 19.1 Å². The minimum absolute atomic E-state index is 0.0766.